The number of fused-ring (bicyclic) bond motifs is 2. The van der Waals surface area contributed by atoms with Crippen LogP contribution in [0.25, 0.3) is 16.7 Å². The Morgan fingerprint density at radius 1 is 1.14 bits per heavy atom. The van der Waals surface area contributed by atoms with Crippen LogP contribution in [0.4, 0.5) is 0 Å². The van der Waals surface area contributed by atoms with Gasteiger partial charge in [-0.2, -0.15) is 0 Å². The van der Waals surface area contributed by atoms with E-state index in [1.165, 1.54) is 9.96 Å². The number of aromatic nitrogens is 3. The molecule has 0 fully saturated rings. The molecule has 142 valence electrons. The fraction of sp³-hybridized carbons (Fsp3) is 0.227. The van der Waals surface area contributed by atoms with Crippen molar-refractivity contribution in [2.45, 2.75) is 25.8 Å². The van der Waals surface area contributed by atoms with E-state index in [4.69, 9.17) is 0 Å². The standard InChI is InChI=1S/C22H22N4O2/c1-15(11-12-16-8-4-3-5-9-16)23-21(27)18-14-17-20(25(18)2)24-19-10-6-7-13-26(19)22(17)28/h3-10,13-15H,11-12H2,1-2H3,(H,23,27)/t15-/m1/s1. The van der Waals surface area contributed by atoms with E-state index in [1.54, 1.807) is 36.0 Å². The van der Waals surface area contributed by atoms with Crippen molar-refractivity contribution in [1.29, 1.82) is 0 Å². The monoisotopic (exact) mass is 374 g/mol. The van der Waals surface area contributed by atoms with Gasteiger partial charge in [-0.3, -0.25) is 14.0 Å². The van der Waals surface area contributed by atoms with E-state index in [9.17, 15) is 9.59 Å². The second-order valence-electron chi connectivity index (χ2n) is 7.07. The lowest BCUT2D eigenvalue weighted by molar-refractivity contribution is 0.0930. The molecule has 0 saturated heterocycles. The Kier molecular flexibility index (Phi) is 4.69. The van der Waals surface area contributed by atoms with Gasteiger partial charge in [0.1, 0.15) is 17.0 Å². The summed E-state index contributed by atoms with van der Waals surface area (Å²) in [6.45, 7) is 1.99. The molecule has 4 aromatic rings. The van der Waals surface area contributed by atoms with Crippen LogP contribution in [0, 0.1) is 0 Å². The Hall–Kier alpha value is -3.41. The quantitative estimate of drug-likeness (QED) is 0.584. The molecule has 6 heteroatoms. The predicted octanol–water partition coefficient (Wildman–Crippen LogP) is 2.94. The molecular weight excluding hydrogens is 352 g/mol. The first-order chi connectivity index (χ1) is 13.5. The molecule has 1 amide bonds. The van der Waals surface area contributed by atoms with Crippen LogP contribution in [-0.4, -0.2) is 25.9 Å². The number of nitrogens with zero attached hydrogens (tertiary/aromatic N) is 3. The Morgan fingerprint density at radius 3 is 2.68 bits per heavy atom. The van der Waals surface area contributed by atoms with Gasteiger partial charge in [0, 0.05) is 19.3 Å². The summed E-state index contributed by atoms with van der Waals surface area (Å²) < 4.78 is 3.18. The lowest BCUT2D eigenvalue weighted by Gasteiger charge is -2.14. The first kappa shape index (κ1) is 18.0. The van der Waals surface area contributed by atoms with Crippen molar-refractivity contribution in [3.05, 3.63) is 82.4 Å². The Bertz CT molecular complexity index is 1210. The predicted molar refractivity (Wildman–Crippen MR) is 110 cm³/mol. The van der Waals surface area contributed by atoms with Crippen LogP contribution >= 0.6 is 0 Å². The molecule has 3 heterocycles. The van der Waals surface area contributed by atoms with Crippen molar-refractivity contribution in [2.75, 3.05) is 0 Å². The van der Waals surface area contributed by atoms with Gasteiger partial charge in [-0.05, 0) is 43.5 Å². The van der Waals surface area contributed by atoms with Crippen LogP contribution in [0.3, 0.4) is 0 Å². The average Bonchev–Trinajstić information content (AvgIpc) is 3.04. The van der Waals surface area contributed by atoms with E-state index in [2.05, 4.69) is 22.4 Å². The third-order valence-corrected chi connectivity index (χ3v) is 5.03. The van der Waals surface area contributed by atoms with Gasteiger partial charge >= 0.3 is 0 Å². The first-order valence-electron chi connectivity index (χ1n) is 9.36. The molecule has 1 atom stereocenters. The lowest BCUT2D eigenvalue weighted by atomic mass is 10.1. The van der Waals surface area contributed by atoms with Crippen LogP contribution in [0.2, 0.25) is 0 Å². The zero-order valence-electron chi connectivity index (χ0n) is 15.9. The van der Waals surface area contributed by atoms with Gasteiger partial charge in [0.2, 0.25) is 0 Å². The SMILES string of the molecule is C[C@H](CCc1ccccc1)NC(=O)c1cc2c(=O)n3ccccc3nc2n1C. The molecule has 28 heavy (non-hydrogen) atoms. The molecule has 0 saturated carbocycles. The molecule has 6 nitrogen and oxygen atoms in total. The number of nitrogens with one attached hydrogen (secondary N) is 1. The maximum absolute atomic E-state index is 12.8. The summed E-state index contributed by atoms with van der Waals surface area (Å²) in [6.07, 6.45) is 3.42. The van der Waals surface area contributed by atoms with Gasteiger partial charge in [0.25, 0.3) is 11.5 Å². The summed E-state index contributed by atoms with van der Waals surface area (Å²) in [7, 11) is 1.76. The minimum absolute atomic E-state index is 0.0128. The maximum atomic E-state index is 12.8. The number of amides is 1. The maximum Gasteiger partial charge on any atom is 0.268 e. The number of hydrogen-bond acceptors (Lipinski definition) is 3. The smallest absolute Gasteiger partial charge is 0.268 e. The molecule has 0 aliphatic rings. The van der Waals surface area contributed by atoms with Gasteiger partial charge in [-0.1, -0.05) is 36.4 Å². The van der Waals surface area contributed by atoms with Crippen molar-refractivity contribution in [3.63, 3.8) is 0 Å². The first-order valence-corrected chi connectivity index (χ1v) is 9.36. The van der Waals surface area contributed by atoms with E-state index in [-0.39, 0.29) is 17.5 Å². The summed E-state index contributed by atoms with van der Waals surface area (Å²) in [4.78, 5) is 30.1. The highest BCUT2D eigenvalue weighted by atomic mass is 16.2. The molecule has 3 aromatic heterocycles. The number of benzene rings is 1. The minimum Gasteiger partial charge on any atom is -0.348 e. The van der Waals surface area contributed by atoms with Crippen LogP contribution in [0.5, 0.6) is 0 Å². The number of aryl methyl sites for hydroxylation is 2. The zero-order valence-corrected chi connectivity index (χ0v) is 15.9. The summed E-state index contributed by atoms with van der Waals surface area (Å²) in [5.74, 6) is -0.200. The lowest BCUT2D eigenvalue weighted by Crippen LogP contribution is -2.34. The molecule has 1 aromatic carbocycles. The summed E-state index contributed by atoms with van der Waals surface area (Å²) in [5.41, 5.74) is 2.58. The summed E-state index contributed by atoms with van der Waals surface area (Å²) in [5, 5.41) is 3.47. The summed E-state index contributed by atoms with van der Waals surface area (Å²) in [6, 6.07) is 17.2. The van der Waals surface area contributed by atoms with Crippen LogP contribution in [-0.2, 0) is 13.5 Å². The largest absolute Gasteiger partial charge is 0.348 e. The van der Waals surface area contributed by atoms with E-state index in [0.717, 1.165) is 12.8 Å². The van der Waals surface area contributed by atoms with Crippen molar-refractivity contribution in [1.82, 2.24) is 19.3 Å². The van der Waals surface area contributed by atoms with Gasteiger partial charge in [0.15, 0.2) is 0 Å². The second-order valence-corrected chi connectivity index (χ2v) is 7.07. The van der Waals surface area contributed by atoms with Crippen LogP contribution < -0.4 is 10.9 Å². The van der Waals surface area contributed by atoms with Crippen molar-refractivity contribution >= 4 is 22.6 Å². The van der Waals surface area contributed by atoms with E-state index >= 15 is 0 Å². The molecule has 0 aliphatic carbocycles. The molecule has 1 N–H and O–H groups in total. The Labute approximate surface area is 162 Å². The molecule has 0 aliphatic heterocycles. The van der Waals surface area contributed by atoms with Crippen LogP contribution in [0.15, 0.2) is 65.6 Å². The third-order valence-electron chi connectivity index (χ3n) is 5.03. The third kappa shape index (κ3) is 3.29. The highest BCUT2D eigenvalue weighted by Crippen LogP contribution is 2.15. The molecule has 0 bridgehead atoms. The van der Waals surface area contributed by atoms with Crippen molar-refractivity contribution in [2.24, 2.45) is 7.05 Å². The second kappa shape index (κ2) is 7.31. The van der Waals surface area contributed by atoms with E-state index < -0.39 is 0 Å². The minimum atomic E-state index is -0.200. The van der Waals surface area contributed by atoms with Gasteiger partial charge in [0.05, 0.1) is 5.39 Å². The zero-order chi connectivity index (χ0) is 19.7. The van der Waals surface area contributed by atoms with Gasteiger partial charge in [-0.15, -0.1) is 0 Å². The molecule has 0 unspecified atom stereocenters. The fourth-order valence-electron chi connectivity index (χ4n) is 3.44. The van der Waals surface area contributed by atoms with Crippen molar-refractivity contribution in [3.8, 4) is 0 Å². The number of rotatable bonds is 5. The summed E-state index contributed by atoms with van der Waals surface area (Å²) >= 11 is 0. The Balaban J connectivity index is 1.57. The van der Waals surface area contributed by atoms with Gasteiger partial charge in [-0.25, -0.2) is 4.98 Å². The molecular formula is C22H22N4O2. The highest BCUT2D eigenvalue weighted by Gasteiger charge is 2.18. The number of hydrogen-bond donors (Lipinski definition) is 1. The van der Waals surface area contributed by atoms with E-state index in [0.29, 0.717) is 22.4 Å². The van der Waals surface area contributed by atoms with Crippen LogP contribution in [0.1, 0.15) is 29.4 Å². The van der Waals surface area contributed by atoms with Gasteiger partial charge < -0.3 is 9.88 Å². The Morgan fingerprint density at radius 2 is 1.89 bits per heavy atom. The van der Waals surface area contributed by atoms with Crippen molar-refractivity contribution < 1.29 is 4.79 Å². The number of pyridine rings is 1. The fourth-order valence-corrected chi connectivity index (χ4v) is 3.44. The topological polar surface area (TPSA) is 68.4 Å². The molecule has 0 radical (unpaired) electrons. The highest BCUT2D eigenvalue weighted by molar-refractivity contribution is 5.98. The van der Waals surface area contributed by atoms with E-state index in [1.807, 2.05) is 31.2 Å². The number of carbonyl (C=O) groups excluding carboxylic acids is 1. The average molecular weight is 374 g/mol. The molecule has 0 spiro atoms. The molecule has 4 rings (SSSR count). The normalized spacial score (nSPS) is 12.4. The number of carbonyl (C=O) groups is 1.